The summed E-state index contributed by atoms with van der Waals surface area (Å²) in [5.74, 6) is 5.74. The predicted molar refractivity (Wildman–Crippen MR) is 507 cm³/mol. The summed E-state index contributed by atoms with van der Waals surface area (Å²) >= 11 is 34.3. The van der Waals surface area contributed by atoms with Gasteiger partial charge in [-0.05, 0) is 166 Å². The van der Waals surface area contributed by atoms with Crippen LogP contribution in [-0.4, -0.2) is 154 Å². The number of methoxy groups -OCH3 is 1. The van der Waals surface area contributed by atoms with E-state index in [2.05, 4.69) is 77.2 Å². The maximum absolute atomic E-state index is 13.4. The molecule has 0 radical (unpaired) electrons. The third-order valence-electron chi connectivity index (χ3n) is 28.5. The largest absolute Gasteiger partial charge is 0.495 e. The number of pyridine rings is 2. The first kappa shape index (κ1) is 91.3. The molecule has 0 unspecified atom stereocenters. The van der Waals surface area contributed by atoms with Crippen LogP contribution in [0.1, 0.15) is 181 Å². The van der Waals surface area contributed by atoms with E-state index in [0.717, 1.165) is 143 Å². The van der Waals surface area contributed by atoms with E-state index in [0.29, 0.717) is 160 Å². The minimum absolute atomic E-state index is 0. The van der Waals surface area contributed by atoms with Gasteiger partial charge in [-0.3, -0.25) is 57.4 Å². The molecular formula is C89H113Cl5N24O5S2. The van der Waals surface area contributed by atoms with Crippen LogP contribution in [0.5, 0.6) is 5.75 Å². The van der Waals surface area contributed by atoms with Gasteiger partial charge in [0.1, 0.15) is 27.5 Å². The minimum Gasteiger partial charge on any atom is -0.495 e. The number of nitrogens with zero attached hydrogens (tertiary/aromatic N) is 18. The topological polar surface area (TPSA) is 393 Å². The van der Waals surface area contributed by atoms with Crippen molar-refractivity contribution in [1.29, 1.82) is 0 Å². The Balaban J connectivity index is 0.000000129. The van der Waals surface area contributed by atoms with Crippen LogP contribution in [0.15, 0.2) is 110 Å². The van der Waals surface area contributed by atoms with Gasteiger partial charge in [-0.15, -0.1) is 0 Å². The molecule has 8 aliphatic heterocycles. The molecule has 2 aromatic carbocycles. The van der Waals surface area contributed by atoms with Crippen molar-refractivity contribution < 1.29 is 4.74 Å². The van der Waals surface area contributed by atoms with Crippen LogP contribution in [-0.2, 0) is 54.4 Å². The number of anilines is 6. The zero-order chi connectivity index (χ0) is 87.9. The number of thioether (sulfide) groups is 2. The lowest BCUT2D eigenvalue weighted by atomic mass is 9.73. The quantitative estimate of drug-likeness (QED) is 0.0740. The Morgan fingerprint density at radius 2 is 0.856 bits per heavy atom. The summed E-state index contributed by atoms with van der Waals surface area (Å²) in [6, 6.07) is 15.3. The van der Waals surface area contributed by atoms with Gasteiger partial charge in [0, 0.05) is 132 Å². The molecule has 36 heteroatoms. The fraction of sp³-hybridized carbons (Fsp3) is 0.528. The third-order valence-corrected chi connectivity index (χ3v) is 32.9. The minimum atomic E-state index is -0.117. The second kappa shape index (κ2) is 36.6. The fourth-order valence-corrected chi connectivity index (χ4v) is 23.7. The first-order chi connectivity index (χ1) is 59.3. The van der Waals surface area contributed by atoms with Gasteiger partial charge >= 0.3 is 0 Å². The summed E-state index contributed by atoms with van der Waals surface area (Å²) < 4.78 is 11.9. The second-order valence-electron chi connectivity index (χ2n) is 35.9. The molecule has 3 aliphatic carbocycles. The second-order valence-corrected chi connectivity index (χ2v) is 39.9. The highest BCUT2D eigenvalue weighted by Gasteiger charge is 2.50. The highest BCUT2D eigenvalue weighted by Crippen LogP contribution is 2.52. The van der Waals surface area contributed by atoms with Gasteiger partial charge in [0.05, 0.1) is 115 Å². The Morgan fingerprint density at radius 1 is 0.472 bits per heavy atom. The first-order valence-electron chi connectivity index (χ1n) is 42.8. The van der Waals surface area contributed by atoms with Crippen molar-refractivity contribution in [2.45, 2.75) is 179 Å². The van der Waals surface area contributed by atoms with Gasteiger partial charge in [-0.1, -0.05) is 135 Å². The Kier molecular flexibility index (Phi) is 26.7. The molecule has 12 N–H and O–H groups in total. The summed E-state index contributed by atoms with van der Waals surface area (Å²) in [7, 11) is 8.70. The Labute approximate surface area is 762 Å². The number of nitrogens with two attached hydrogens (primary N) is 6. The number of hydrogen-bond acceptors (Lipinski definition) is 27. The molecule has 3 spiro atoms. The van der Waals surface area contributed by atoms with E-state index in [1.165, 1.54) is 55.6 Å². The van der Waals surface area contributed by atoms with Gasteiger partial charge in [-0.25, -0.2) is 29.9 Å². The number of fused-ring (bicyclic) bond motifs is 4. The summed E-state index contributed by atoms with van der Waals surface area (Å²) in [4.78, 5) is 109. The average Bonchev–Trinajstić information content (AvgIpc) is 1.70. The normalized spacial score (nSPS) is 22.6. The molecule has 8 aromatic rings. The van der Waals surface area contributed by atoms with E-state index < -0.39 is 0 Å². The lowest BCUT2D eigenvalue weighted by molar-refractivity contribution is 0.185. The molecule has 4 saturated heterocycles. The molecule has 29 nitrogen and oxygen atoms in total. The molecule has 0 bridgehead atoms. The maximum atomic E-state index is 13.4. The zero-order valence-corrected chi connectivity index (χ0v) is 77.0. The van der Waals surface area contributed by atoms with Crippen LogP contribution in [0.3, 0.4) is 0 Å². The number of aromatic nitrogens is 10. The van der Waals surface area contributed by atoms with Crippen molar-refractivity contribution in [3.8, 4) is 5.75 Å². The van der Waals surface area contributed by atoms with Crippen LogP contribution in [0.4, 0.5) is 35.4 Å². The van der Waals surface area contributed by atoms with Crippen LogP contribution >= 0.6 is 81.5 Å². The third kappa shape index (κ3) is 17.0. The SMILES string of the molecule is C.COc1cccc(C2=NCc3nc(N4CCC5(CC[C@@H](C)[C@H]5N)CC4)n(C)c(=O)c32)c1Cl.C[C@@H]1CCC2(CCN(c3nc4c(c(=O)n3C)C(Sc3ccnc(N)c3Cl)=NC4)CC2)[C@@H]1N.C[C@H]1C[C@@H](N)C2(CCN(c3nc4c(c(=O)n3C)C(c3ccnc(N)c3Cl)=NC4)CC2)C1.Cn1c(N2CCC(C)(CN)CC2)nc2c(c1=O)C(Sc1cccc(Cl)c1Cl)=NC2. The standard InChI is InChI=1S/C24H30ClN5O2.C22H28ClN7OS.C22H28ClN7O.C20H23Cl2N5OS.CH4/c1-14-7-8-24(21(14)26)9-11-30(12-10-24)23-28-16-13-27-20(18(16)22(31)29(23)2)15-5-4-6-17(32-3)19(15)25;1-12-3-5-22(17(12)24)6-9-30(10-7-22)21-28-13-11-27-19(15(13)20(31)29(21)2)32-14-4-8-26-18(25)16(14)23;1-12-9-15(24)22(10-12)4-7-30(8-5-22)21-28-14-11-27-18(16(14)20(31)29(21)2)13-3-6-26-19(25)17(13)23;1-20(11-23)6-8-27(9-7-20)19-25-13-10-24-17(15(13)18(28)26(19)2)29-14-5-3-4-12(21)16(14)22;/h4-6,14,21H,7-13,26H2,1-3H3;4,8,12,17H,3,5-7,9-11,24H2,1-2H3,(H2,25,26);3,6,12,15H,4-5,7-11,24H2,1-2H3,(H2,25,26);3-5H,6-11,23H2,1-2H3;1H4/t14-,21-;12-,17-;12-,15+;;/m110../s1. The number of halogens is 5. The lowest BCUT2D eigenvalue weighted by Crippen LogP contribution is -2.49. The predicted octanol–water partition coefficient (Wildman–Crippen LogP) is 12.4. The summed E-state index contributed by atoms with van der Waals surface area (Å²) in [6.07, 6.45) is 18.6. The highest BCUT2D eigenvalue weighted by molar-refractivity contribution is 8.14. The Hall–Kier alpha value is -8.47. The molecule has 666 valence electrons. The molecule has 14 heterocycles. The van der Waals surface area contributed by atoms with Crippen molar-refractivity contribution in [3.05, 3.63) is 184 Å². The highest BCUT2D eigenvalue weighted by atomic mass is 35.5. The number of hydrogen-bond donors (Lipinski definition) is 6. The van der Waals surface area contributed by atoms with E-state index >= 15 is 0 Å². The number of benzene rings is 2. The van der Waals surface area contributed by atoms with Gasteiger partial charge in [0.2, 0.25) is 23.8 Å². The molecule has 6 aromatic heterocycles. The molecule has 11 aliphatic rings. The van der Waals surface area contributed by atoms with Gasteiger partial charge in [-0.2, -0.15) is 0 Å². The van der Waals surface area contributed by atoms with Crippen molar-refractivity contribution >= 4 is 138 Å². The Morgan fingerprint density at radius 3 is 1.27 bits per heavy atom. The first-order valence-corrected chi connectivity index (χ1v) is 46.3. The van der Waals surface area contributed by atoms with E-state index in [-0.39, 0.29) is 81.1 Å². The van der Waals surface area contributed by atoms with Crippen molar-refractivity contribution in [3.63, 3.8) is 0 Å². The van der Waals surface area contributed by atoms with E-state index in [9.17, 15) is 19.2 Å². The molecule has 6 atom stereocenters. The maximum Gasteiger partial charge on any atom is 0.265 e. The molecule has 125 heavy (non-hydrogen) atoms. The molecule has 0 amide bonds. The van der Waals surface area contributed by atoms with E-state index in [4.69, 9.17) is 117 Å². The van der Waals surface area contributed by atoms with Gasteiger partial charge in [0.15, 0.2) is 0 Å². The van der Waals surface area contributed by atoms with Crippen LogP contribution < -0.4 is 81.0 Å². The molecular weight excluding hydrogens is 1730 g/mol. The van der Waals surface area contributed by atoms with Gasteiger partial charge < -0.3 is 58.7 Å². The number of piperidine rings is 4. The summed E-state index contributed by atoms with van der Waals surface area (Å²) in [5.41, 5.74) is 45.2. The Bertz CT molecular complexity index is 5900. The molecule has 7 fully saturated rings. The van der Waals surface area contributed by atoms with Crippen LogP contribution in [0.25, 0.3) is 0 Å². The number of aliphatic imine (C=N–C) groups is 4. The lowest BCUT2D eigenvalue weighted by Gasteiger charge is -2.43. The van der Waals surface area contributed by atoms with Crippen molar-refractivity contribution in [1.82, 2.24) is 48.2 Å². The number of ether oxygens (including phenoxy) is 1. The fourth-order valence-electron chi connectivity index (χ4n) is 20.5. The average molecular weight is 1840 g/mol. The molecule has 3 saturated carbocycles. The summed E-state index contributed by atoms with van der Waals surface area (Å²) in [5, 5.41) is 3.34. The molecule has 19 rings (SSSR count). The smallest absolute Gasteiger partial charge is 0.265 e. The monoisotopic (exact) mass is 1840 g/mol. The van der Waals surface area contributed by atoms with Crippen molar-refractivity contribution in [2.24, 2.45) is 111 Å². The van der Waals surface area contributed by atoms with E-state index in [1.54, 1.807) is 90.2 Å². The zero-order valence-electron chi connectivity index (χ0n) is 71.6. The summed E-state index contributed by atoms with van der Waals surface area (Å²) in [6.45, 7) is 18.1. The number of nitrogen functional groups attached to an aromatic ring is 2. The van der Waals surface area contributed by atoms with Crippen LogP contribution in [0, 0.1) is 39.4 Å². The van der Waals surface area contributed by atoms with Gasteiger partial charge in [0.25, 0.3) is 22.2 Å². The van der Waals surface area contributed by atoms with E-state index in [1.807, 2.05) is 24.3 Å². The van der Waals surface area contributed by atoms with Crippen molar-refractivity contribution in [2.75, 3.05) is 97.1 Å². The number of rotatable bonds is 10. The van der Waals surface area contributed by atoms with Crippen LogP contribution in [0.2, 0.25) is 25.1 Å².